The van der Waals surface area contributed by atoms with Gasteiger partial charge in [0.05, 0.1) is 65.8 Å². The fourth-order valence-corrected chi connectivity index (χ4v) is 5.50. The molecule has 0 fully saturated rings. The number of nitrogens with zero attached hydrogens (tertiary/aromatic N) is 1. The molecule has 0 spiro atoms. The number of amides is 1. The summed E-state index contributed by atoms with van der Waals surface area (Å²) in [5.41, 5.74) is 9.58. The van der Waals surface area contributed by atoms with E-state index in [1.54, 1.807) is 13.2 Å². The lowest BCUT2D eigenvalue weighted by Gasteiger charge is -2.16. The van der Waals surface area contributed by atoms with E-state index >= 15 is 0 Å². The number of carbonyl (C=O) groups is 3. The number of hydrogen-bond donors (Lipinski definition) is 5. The Morgan fingerprint density at radius 1 is 0.839 bits per heavy atom. The van der Waals surface area contributed by atoms with Crippen molar-refractivity contribution in [2.75, 3.05) is 91.5 Å². The number of nitrogens with one attached hydrogen (secondary N) is 3. The maximum absolute atomic E-state index is 11.2. The smallest absolute Gasteiger partial charge is 0.305 e. The highest BCUT2D eigenvalue weighted by atomic mass is 16.6. The number of benzene rings is 3. The topological polar surface area (TPSA) is 193 Å². The number of nitrogens with two attached hydrogens (primary N) is 1. The van der Waals surface area contributed by atoms with Crippen molar-refractivity contribution in [2.24, 2.45) is 5.73 Å². The minimum atomic E-state index is -0.832. The van der Waals surface area contributed by atoms with Gasteiger partial charge in [0, 0.05) is 37.1 Å². The molecule has 0 aliphatic heterocycles. The second-order valence-electron chi connectivity index (χ2n) is 12.5. The second kappa shape index (κ2) is 27.6. The van der Waals surface area contributed by atoms with Gasteiger partial charge in [-0.2, -0.15) is 0 Å². The number of aldehydes is 1. The number of rotatable bonds is 27. The van der Waals surface area contributed by atoms with Gasteiger partial charge in [-0.1, -0.05) is 54.6 Å². The Kier molecular flexibility index (Phi) is 22.4. The molecule has 304 valence electrons. The zero-order valence-electron chi connectivity index (χ0n) is 32.5. The molecule has 14 nitrogen and oxygen atoms in total. The van der Waals surface area contributed by atoms with E-state index in [-0.39, 0.29) is 24.9 Å². The van der Waals surface area contributed by atoms with Gasteiger partial charge < -0.3 is 55.3 Å². The molecule has 0 aliphatic carbocycles. The Bertz CT molecular complexity index is 1720. The Morgan fingerprint density at radius 2 is 1.48 bits per heavy atom. The van der Waals surface area contributed by atoms with E-state index in [9.17, 15) is 14.4 Å². The highest BCUT2D eigenvalue weighted by Crippen LogP contribution is 2.35. The Hall–Kier alpha value is -4.96. The van der Waals surface area contributed by atoms with Crippen LogP contribution in [-0.4, -0.2) is 114 Å². The summed E-state index contributed by atoms with van der Waals surface area (Å²) in [6, 6.07) is 23.8. The Balaban J connectivity index is 0.000000413. The van der Waals surface area contributed by atoms with Crippen molar-refractivity contribution in [1.29, 1.82) is 0 Å². The number of aromatic nitrogens is 1. The SMILES string of the molecule is CNC(CC(=O)O)c1ccc(-c2ccc(OCCOCCOCCOCCOCCN)c3ccccc23)cc1.Cc1ccnc(NCCCC(=O)NCC=O)c1. The number of carboxylic acids is 1. The third kappa shape index (κ3) is 17.7. The van der Waals surface area contributed by atoms with Crippen LogP contribution >= 0.6 is 0 Å². The molecule has 14 heteroatoms. The average molecular weight is 776 g/mol. The standard InChI is InChI=1S/C30H40N2O7.C12H17N3O2/c1-32-28(22-30(33)34)24-8-6-23(7-9-24)25-10-11-29(27-5-3-2-4-26(25)27)39-21-20-38-19-18-37-17-16-36-15-14-35-13-12-31;1-10-4-6-14-11(9-10)13-5-2-3-12(17)15-7-8-16/h2-11,28,32H,12-22,31H2,1H3,(H,33,34);4,6,8-9H,2-3,5,7H2,1H3,(H,13,14)(H,15,17). The number of anilines is 1. The maximum Gasteiger partial charge on any atom is 0.305 e. The van der Waals surface area contributed by atoms with E-state index in [0.29, 0.717) is 91.7 Å². The third-order valence-electron chi connectivity index (χ3n) is 8.28. The zero-order valence-corrected chi connectivity index (χ0v) is 32.5. The molecule has 3 aromatic carbocycles. The van der Waals surface area contributed by atoms with Gasteiger partial charge in [0.1, 0.15) is 24.5 Å². The molecule has 0 aliphatic rings. The van der Waals surface area contributed by atoms with Crippen LogP contribution in [0, 0.1) is 6.92 Å². The summed E-state index contributed by atoms with van der Waals surface area (Å²) in [6.07, 6.45) is 3.57. The highest BCUT2D eigenvalue weighted by molar-refractivity contribution is 6.00. The van der Waals surface area contributed by atoms with Gasteiger partial charge in [0.2, 0.25) is 5.91 Å². The monoisotopic (exact) mass is 775 g/mol. The summed E-state index contributed by atoms with van der Waals surface area (Å²) in [4.78, 5) is 36.5. The van der Waals surface area contributed by atoms with Gasteiger partial charge in [-0.05, 0) is 66.2 Å². The first-order valence-corrected chi connectivity index (χ1v) is 18.9. The van der Waals surface area contributed by atoms with Gasteiger partial charge in [-0.15, -0.1) is 0 Å². The molecular formula is C42H57N5O9. The van der Waals surface area contributed by atoms with E-state index in [2.05, 4.69) is 33.1 Å². The fraction of sp³-hybridized carbons (Fsp3) is 0.429. The molecule has 1 heterocycles. The molecule has 1 amide bonds. The number of carboxylic acid groups (broad SMARTS) is 1. The number of aliphatic carboxylic acids is 1. The lowest BCUT2D eigenvalue weighted by atomic mass is 9.95. The fourth-order valence-electron chi connectivity index (χ4n) is 5.50. The van der Waals surface area contributed by atoms with Crippen molar-refractivity contribution in [3.63, 3.8) is 0 Å². The number of pyridine rings is 1. The first kappa shape index (κ1) is 45.4. The van der Waals surface area contributed by atoms with Crippen molar-refractivity contribution < 1.29 is 43.2 Å². The lowest BCUT2D eigenvalue weighted by Crippen LogP contribution is -2.25. The minimum Gasteiger partial charge on any atom is -0.491 e. The lowest BCUT2D eigenvalue weighted by molar-refractivity contribution is -0.137. The number of hydrogen-bond acceptors (Lipinski definition) is 12. The average Bonchev–Trinajstić information content (AvgIpc) is 3.21. The molecule has 0 saturated carbocycles. The van der Waals surface area contributed by atoms with Gasteiger partial charge >= 0.3 is 5.97 Å². The summed E-state index contributed by atoms with van der Waals surface area (Å²) >= 11 is 0. The largest absolute Gasteiger partial charge is 0.491 e. The van der Waals surface area contributed by atoms with Crippen LogP contribution in [0.5, 0.6) is 5.75 Å². The first-order valence-electron chi connectivity index (χ1n) is 18.9. The van der Waals surface area contributed by atoms with Crippen LogP contribution in [0.15, 0.2) is 79.0 Å². The number of aryl methyl sites for hydroxylation is 1. The highest BCUT2D eigenvalue weighted by Gasteiger charge is 2.14. The van der Waals surface area contributed by atoms with E-state index < -0.39 is 5.97 Å². The van der Waals surface area contributed by atoms with Gasteiger partial charge in [-0.3, -0.25) is 9.59 Å². The van der Waals surface area contributed by atoms with Crippen molar-refractivity contribution in [3.8, 4) is 16.9 Å². The summed E-state index contributed by atoms with van der Waals surface area (Å²) in [5, 5.41) is 20.0. The molecule has 0 radical (unpaired) electrons. The molecule has 1 aromatic heterocycles. The van der Waals surface area contributed by atoms with Crippen molar-refractivity contribution in [1.82, 2.24) is 15.6 Å². The maximum atomic E-state index is 11.2. The van der Waals surface area contributed by atoms with E-state index in [1.807, 2.05) is 67.6 Å². The molecule has 0 saturated heterocycles. The number of ether oxygens (including phenoxy) is 5. The number of carbonyl (C=O) groups excluding carboxylic acids is 2. The Labute approximate surface area is 329 Å². The summed E-state index contributed by atoms with van der Waals surface area (Å²) < 4.78 is 27.8. The van der Waals surface area contributed by atoms with Crippen LogP contribution in [0.25, 0.3) is 21.9 Å². The Morgan fingerprint density at radius 3 is 2.09 bits per heavy atom. The van der Waals surface area contributed by atoms with E-state index in [0.717, 1.165) is 44.6 Å². The third-order valence-corrected chi connectivity index (χ3v) is 8.28. The molecule has 4 rings (SSSR count). The van der Waals surface area contributed by atoms with Crippen LogP contribution in [0.3, 0.4) is 0 Å². The predicted octanol–water partition coefficient (Wildman–Crippen LogP) is 4.54. The van der Waals surface area contributed by atoms with Crippen LogP contribution in [0.2, 0.25) is 0 Å². The molecule has 1 atom stereocenters. The van der Waals surface area contributed by atoms with Gasteiger partial charge in [-0.25, -0.2) is 4.98 Å². The normalized spacial score (nSPS) is 11.3. The first-order chi connectivity index (χ1) is 27.4. The molecule has 4 aromatic rings. The summed E-state index contributed by atoms with van der Waals surface area (Å²) in [6.45, 7) is 7.81. The van der Waals surface area contributed by atoms with E-state index in [1.165, 1.54) is 0 Å². The van der Waals surface area contributed by atoms with Gasteiger partial charge in [0.25, 0.3) is 0 Å². The van der Waals surface area contributed by atoms with E-state index in [4.69, 9.17) is 34.5 Å². The quantitative estimate of drug-likeness (QED) is 0.0419. The van der Waals surface area contributed by atoms with Crippen molar-refractivity contribution in [3.05, 3.63) is 90.1 Å². The minimum absolute atomic E-state index is 0.0307. The second-order valence-corrected chi connectivity index (χ2v) is 12.5. The zero-order chi connectivity index (χ0) is 40.2. The predicted molar refractivity (Wildman–Crippen MR) is 217 cm³/mol. The molecule has 56 heavy (non-hydrogen) atoms. The van der Waals surface area contributed by atoms with Crippen LogP contribution < -0.4 is 26.4 Å². The van der Waals surface area contributed by atoms with Crippen LogP contribution in [0.4, 0.5) is 5.82 Å². The van der Waals surface area contributed by atoms with Crippen molar-refractivity contribution in [2.45, 2.75) is 32.2 Å². The molecular weight excluding hydrogens is 718 g/mol. The molecule has 1 unspecified atom stereocenters. The van der Waals surface area contributed by atoms with Crippen LogP contribution in [0.1, 0.15) is 36.4 Å². The summed E-state index contributed by atoms with van der Waals surface area (Å²) in [7, 11) is 1.77. The molecule has 0 bridgehead atoms. The molecule has 6 N–H and O–H groups in total. The van der Waals surface area contributed by atoms with Gasteiger partial charge in [0.15, 0.2) is 0 Å². The number of fused-ring (bicyclic) bond motifs is 1. The summed E-state index contributed by atoms with van der Waals surface area (Å²) in [5.74, 6) is 0.686. The van der Waals surface area contributed by atoms with Crippen molar-refractivity contribution >= 4 is 34.8 Å². The van der Waals surface area contributed by atoms with Crippen LogP contribution in [-0.2, 0) is 33.3 Å².